The van der Waals surface area contributed by atoms with Gasteiger partial charge in [0.25, 0.3) is 0 Å². The van der Waals surface area contributed by atoms with E-state index in [-0.39, 0.29) is 11.7 Å². The first kappa shape index (κ1) is 18.0. The summed E-state index contributed by atoms with van der Waals surface area (Å²) in [6.45, 7) is 0. The molecule has 1 aliphatic rings. The first-order chi connectivity index (χ1) is 12.2. The highest BCUT2D eigenvalue weighted by Gasteiger charge is 2.26. The minimum Gasteiger partial charge on any atom is -0.303 e. The predicted molar refractivity (Wildman–Crippen MR) is 102 cm³/mol. The molecule has 1 heterocycles. The average molecular weight is 400 g/mol. The Labute approximate surface area is 157 Å². The highest BCUT2D eigenvalue weighted by molar-refractivity contribution is 9.10. The van der Waals surface area contributed by atoms with E-state index in [1.54, 1.807) is 0 Å². The Balaban J connectivity index is 1.59. The van der Waals surface area contributed by atoms with Crippen LogP contribution in [0.5, 0.6) is 0 Å². The van der Waals surface area contributed by atoms with Gasteiger partial charge in [-0.2, -0.15) is 0 Å². The number of hydrogen-bond donors (Lipinski definition) is 0. The summed E-state index contributed by atoms with van der Waals surface area (Å²) in [4.78, 5) is 27.1. The Hall–Kier alpha value is -1.81. The lowest BCUT2D eigenvalue weighted by Crippen LogP contribution is -2.21. The van der Waals surface area contributed by atoms with Crippen molar-refractivity contribution in [2.75, 3.05) is 0 Å². The summed E-state index contributed by atoms with van der Waals surface area (Å²) in [5.74, 6) is 0.891. The van der Waals surface area contributed by atoms with Gasteiger partial charge in [0.05, 0.1) is 5.69 Å². The molecule has 0 spiro atoms. The van der Waals surface area contributed by atoms with Crippen molar-refractivity contribution in [3.8, 4) is 11.3 Å². The second-order valence-electron chi connectivity index (χ2n) is 6.70. The van der Waals surface area contributed by atoms with Gasteiger partial charge in [-0.05, 0) is 55.4 Å². The van der Waals surface area contributed by atoms with E-state index in [0.717, 1.165) is 47.7 Å². The molecule has 0 saturated heterocycles. The largest absolute Gasteiger partial charge is 0.303 e. The van der Waals surface area contributed by atoms with Gasteiger partial charge in [0.1, 0.15) is 12.1 Å². The normalized spacial score (nSPS) is 20.2. The van der Waals surface area contributed by atoms with Crippen LogP contribution in [0.4, 0.5) is 0 Å². The second-order valence-corrected chi connectivity index (χ2v) is 7.62. The molecule has 0 atom stereocenters. The van der Waals surface area contributed by atoms with Gasteiger partial charge in [0, 0.05) is 35.0 Å². The third kappa shape index (κ3) is 4.63. The first-order valence-corrected chi connectivity index (χ1v) is 9.65. The Morgan fingerprint density at radius 2 is 1.80 bits per heavy atom. The van der Waals surface area contributed by atoms with E-state index >= 15 is 0 Å². The van der Waals surface area contributed by atoms with Crippen LogP contribution in [0.2, 0.25) is 0 Å². The van der Waals surface area contributed by atoms with Crippen LogP contribution in [-0.4, -0.2) is 17.1 Å². The molecule has 0 bridgehead atoms. The number of carbonyl (C=O) groups excluding carboxylic acids is 2. The zero-order valence-corrected chi connectivity index (χ0v) is 15.7. The number of carbonyl (C=O) groups is 2. The van der Waals surface area contributed by atoms with E-state index in [9.17, 15) is 9.59 Å². The van der Waals surface area contributed by atoms with E-state index in [1.165, 1.54) is 5.56 Å². The molecule has 0 radical (unpaired) electrons. The standard InChI is InChI=1S/C21H22BrNO2/c22-19-10-7-16(8-11-19)20-12-9-18(14-23-20)15-3-5-17(6-4-15)21(25)2-1-13-24/h7-15,17H,1-6H2/t15-,17-. The third-order valence-corrected chi connectivity index (χ3v) is 5.62. The van der Waals surface area contributed by atoms with Gasteiger partial charge < -0.3 is 4.79 Å². The predicted octanol–water partition coefficient (Wildman–Crippen LogP) is 5.33. The van der Waals surface area contributed by atoms with Gasteiger partial charge in [-0.25, -0.2) is 0 Å². The van der Waals surface area contributed by atoms with Crippen LogP contribution in [0.3, 0.4) is 0 Å². The molecule has 130 valence electrons. The molecule has 2 aromatic rings. The molecule has 4 heteroatoms. The molecular weight excluding hydrogens is 378 g/mol. The van der Waals surface area contributed by atoms with Crippen LogP contribution in [0.1, 0.15) is 50.0 Å². The van der Waals surface area contributed by atoms with Crippen molar-refractivity contribution in [2.24, 2.45) is 5.92 Å². The van der Waals surface area contributed by atoms with Crippen molar-refractivity contribution >= 4 is 28.0 Å². The highest BCUT2D eigenvalue weighted by atomic mass is 79.9. The Morgan fingerprint density at radius 3 is 2.40 bits per heavy atom. The van der Waals surface area contributed by atoms with E-state index in [4.69, 9.17) is 0 Å². The fourth-order valence-electron chi connectivity index (χ4n) is 3.59. The molecule has 0 amide bonds. The van der Waals surface area contributed by atoms with Crippen molar-refractivity contribution in [1.82, 2.24) is 4.98 Å². The summed E-state index contributed by atoms with van der Waals surface area (Å²) < 4.78 is 1.06. The van der Waals surface area contributed by atoms with Crippen LogP contribution >= 0.6 is 15.9 Å². The Bertz CT molecular complexity index is 717. The zero-order chi connectivity index (χ0) is 17.6. The van der Waals surface area contributed by atoms with E-state index in [2.05, 4.69) is 45.2 Å². The number of pyridine rings is 1. The second kappa shape index (κ2) is 8.52. The lowest BCUT2D eigenvalue weighted by Gasteiger charge is -2.27. The number of benzene rings is 1. The van der Waals surface area contributed by atoms with Crippen molar-refractivity contribution in [2.45, 2.75) is 44.4 Å². The van der Waals surface area contributed by atoms with Crippen LogP contribution in [0.15, 0.2) is 47.1 Å². The van der Waals surface area contributed by atoms with Crippen molar-refractivity contribution < 1.29 is 9.59 Å². The van der Waals surface area contributed by atoms with Gasteiger partial charge in [0.2, 0.25) is 0 Å². The van der Waals surface area contributed by atoms with E-state index < -0.39 is 0 Å². The summed E-state index contributed by atoms with van der Waals surface area (Å²) in [6, 6.07) is 12.4. The smallest absolute Gasteiger partial charge is 0.136 e. The number of aldehydes is 1. The molecule has 0 unspecified atom stereocenters. The summed E-state index contributed by atoms with van der Waals surface area (Å²) in [5, 5.41) is 0. The molecule has 1 aliphatic carbocycles. The van der Waals surface area contributed by atoms with Crippen LogP contribution in [0.25, 0.3) is 11.3 Å². The summed E-state index contributed by atoms with van der Waals surface area (Å²) in [5.41, 5.74) is 3.35. The minimum atomic E-state index is 0.145. The molecule has 1 aromatic carbocycles. The molecule has 1 fully saturated rings. The number of nitrogens with zero attached hydrogens (tertiary/aromatic N) is 1. The fraction of sp³-hybridized carbons (Fsp3) is 0.381. The van der Waals surface area contributed by atoms with Gasteiger partial charge in [-0.1, -0.05) is 34.1 Å². The van der Waals surface area contributed by atoms with Crippen molar-refractivity contribution in [3.63, 3.8) is 0 Å². The maximum Gasteiger partial charge on any atom is 0.136 e. The quantitative estimate of drug-likeness (QED) is 0.616. The molecule has 25 heavy (non-hydrogen) atoms. The molecule has 3 rings (SSSR count). The number of Topliss-reactive ketones (excluding diaryl/α,β-unsaturated/α-hetero) is 1. The van der Waals surface area contributed by atoms with Crippen LogP contribution in [-0.2, 0) is 9.59 Å². The fourth-order valence-corrected chi connectivity index (χ4v) is 3.86. The minimum absolute atomic E-state index is 0.145. The number of aromatic nitrogens is 1. The number of halogens is 1. The summed E-state index contributed by atoms with van der Waals surface area (Å²) in [7, 11) is 0. The van der Waals surface area contributed by atoms with Crippen LogP contribution in [0, 0.1) is 5.92 Å². The van der Waals surface area contributed by atoms with E-state index in [0.29, 0.717) is 18.8 Å². The van der Waals surface area contributed by atoms with Gasteiger partial charge >= 0.3 is 0 Å². The van der Waals surface area contributed by atoms with Gasteiger partial charge in [-0.3, -0.25) is 9.78 Å². The SMILES string of the molecule is O=CCCC(=O)[C@H]1CC[C@H](c2ccc(-c3ccc(Br)cc3)nc2)CC1. The maximum absolute atomic E-state index is 12.1. The molecule has 1 saturated carbocycles. The van der Waals surface area contributed by atoms with Crippen LogP contribution < -0.4 is 0 Å². The zero-order valence-electron chi connectivity index (χ0n) is 14.2. The molecule has 0 N–H and O–H groups in total. The maximum atomic E-state index is 12.1. The number of rotatable bonds is 6. The number of hydrogen-bond acceptors (Lipinski definition) is 3. The van der Waals surface area contributed by atoms with Crippen molar-refractivity contribution in [3.05, 3.63) is 52.6 Å². The van der Waals surface area contributed by atoms with Crippen molar-refractivity contribution in [1.29, 1.82) is 0 Å². The molecule has 3 nitrogen and oxygen atoms in total. The first-order valence-electron chi connectivity index (χ1n) is 8.85. The lowest BCUT2D eigenvalue weighted by molar-refractivity contribution is -0.125. The summed E-state index contributed by atoms with van der Waals surface area (Å²) >= 11 is 3.45. The number of ketones is 1. The average Bonchev–Trinajstić information content (AvgIpc) is 2.67. The monoisotopic (exact) mass is 399 g/mol. The third-order valence-electron chi connectivity index (χ3n) is 5.09. The van der Waals surface area contributed by atoms with E-state index in [1.807, 2.05) is 18.3 Å². The molecule has 1 aromatic heterocycles. The van der Waals surface area contributed by atoms with Gasteiger partial charge in [-0.15, -0.1) is 0 Å². The Morgan fingerprint density at radius 1 is 1.08 bits per heavy atom. The molecule has 0 aliphatic heterocycles. The lowest BCUT2D eigenvalue weighted by atomic mass is 9.77. The highest BCUT2D eigenvalue weighted by Crippen LogP contribution is 2.36. The molecular formula is C21H22BrNO2. The Kier molecular flexibility index (Phi) is 6.14. The topological polar surface area (TPSA) is 47.0 Å². The van der Waals surface area contributed by atoms with Gasteiger partial charge in [0.15, 0.2) is 0 Å². The summed E-state index contributed by atoms with van der Waals surface area (Å²) in [6.07, 6.45) is 7.49.